The number of fused-ring (bicyclic) bond motifs is 1. The van der Waals surface area contributed by atoms with Crippen molar-refractivity contribution < 1.29 is 8.42 Å². The summed E-state index contributed by atoms with van der Waals surface area (Å²) in [7, 11) is -0.692. The molecule has 0 fully saturated rings. The van der Waals surface area contributed by atoms with Crippen LogP contribution in [0.3, 0.4) is 0 Å². The fourth-order valence-electron chi connectivity index (χ4n) is 2.39. The molecule has 6 nitrogen and oxygen atoms in total. The smallest absolute Gasteiger partial charge is 0.266 e. The number of para-hydroxylation sites is 1. The second kappa shape index (κ2) is 5.97. The minimum atomic E-state index is -3.60. The van der Waals surface area contributed by atoms with E-state index in [-0.39, 0.29) is 15.2 Å². The summed E-state index contributed by atoms with van der Waals surface area (Å²) in [5.74, 6) is 0. The van der Waals surface area contributed by atoms with E-state index < -0.39 is 10.0 Å². The normalized spacial score (nSPS) is 12.0. The predicted octanol–water partition coefficient (Wildman–Crippen LogP) is 2.30. The Morgan fingerprint density at radius 1 is 1.08 bits per heavy atom. The van der Waals surface area contributed by atoms with Gasteiger partial charge < -0.3 is 4.98 Å². The summed E-state index contributed by atoms with van der Waals surface area (Å²) in [5.41, 5.74) is 0.740. The molecule has 0 aliphatic carbocycles. The maximum Gasteiger partial charge on any atom is 0.266 e. The Morgan fingerprint density at radius 2 is 1.79 bits per heavy atom. The third-order valence-corrected chi connectivity index (χ3v) is 5.76. The monoisotopic (exact) mass is 361 g/mol. The minimum Gasteiger partial charge on any atom is -0.331 e. The van der Waals surface area contributed by atoms with Crippen molar-refractivity contribution in [1.82, 2.24) is 13.9 Å². The summed E-state index contributed by atoms with van der Waals surface area (Å²) in [6.07, 6.45) is 0. The average molecular weight is 361 g/mol. The second-order valence-electron chi connectivity index (χ2n) is 5.40. The van der Waals surface area contributed by atoms with Gasteiger partial charge in [-0.2, -0.15) is 0 Å². The molecule has 3 rings (SSSR count). The standard InChI is InChI=1S/C16H15N3O3S2/c1-18(2)24(21,22)12-7-5-6-11(10-12)19-15(20)13-8-3-4-9-14(13)17-16(19)23/h3-10H,1-2H3,(H,17,23). The molecule has 0 aliphatic rings. The van der Waals surface area contributed by atoms with Crippen LogP contribution in [0.25, 0.3) is 16.6 Å². The number of hydrogen-bond donors (Lipinski definition) is 1. The molecule has 124 valence electrons. The molecule has 0 saturated carbocycles. The fraction of sp³-hybridized carbons (Fsp3) is 0.125. The van der Waals surface area contributed by atoms with Gasteiger partial charge in [0, 0.05) is 14.1 Å². The van der Waals surface area contributed by atoms with E-state index >= 15 is 0 Å². The lowest BCUT2D eigenvalue weighted by Gasteiger charge is -2.13. The number of nitrogens with one attached hydrogen (secondary N) is 1. The van der Waals surface area contributed by atoms with E-state index in [0.29, 0.717) is 16.6 Å². The van der Waals surface area contributed by atoms with Crippen molar-refractivity contribution in [3.8, 4) is 5.69 Å². The summed E-state index contributed by atoms with van der Waals surface area (Å²) in [6, 6.07) is 13.2. The number of aromatic amines is 1. The first-order valence-electron chi connectivity index (χ1n) is 7.09. The highest BCUT2D eigenvalue weighted by Gasteiger charge is 2.18. The van der Waals surface area contributed by atoms with Crippen LogP contribution in [-0.2, 0) is 10.0 Å². The largest absolute Gasteiger partial charge is 0.331 e. The summed E-state index contributed by atoms with van der Waals surface area (Å²) in [5, 5.41) is 0.479. The molecule has 0 amide bonds. The lowest BCUT2D eigenvalue weighted by molar-refractivity contribution is 0.520. The van der Waals surface area contributed by atoms with Gasteiger partial charge in [-0.3, -0.25) is 9.36 Å². The molecule has 1 heterocycles. The molecule has 0 bridgehead atoms. The van der Waals surface area contributed by atoms with Gasteiger partial charge in [-0.1, -0.05) is 18.2 Å². The Kier molecular flexibility index (Phi) is 4.12. The van der Waals surface area contributed by atoms with Crippen LogP contribution in [0.5, 0.6) is 0 Å². The number of nitrogens with zero attached hydrogens (tertiary/aromatic N) is 2. The zero-order valence-electron chi connectivity index (χ0n) is 13.1. The van der Waals surface area contributed by atoms with E-state index in [2.05, 4.69) is 4.98 Å². The number of H-pyrrole nitrogens is 1. The molecule has 3 aromatic rings. The van der Waals surface area contributed by atoms with Gasteiger partial charge in [-0.05, 0) is 42.5 Å². The quantitative estimate of drug-likeness (QED) is 0.727. The van der Waals surface area contributed by atoms with Gasteiger partial charge in [0.05, 0.1) is 21.5 Å². The van der Waals surface area contributed by atoms with E-state index in [1.165, 1.54) is 30.8 Å². The van der Waals surface area contributed by atoms with Crippen LogP contribution in [0, 0.1) is 4.77 Å². The van der Waals surface area contributed by atoms with E-state index in [1.54, 1.807) is 30.3 Å². The molecular formula is C16H15N3O3S2. The van der Waals surface area contributed by atoms with Gasteiger partial charge >= 0.3 is 0 Å². The number of rotatable bonds is 3. The second-order valence-corrected chi connectivity index (χ2v) is 7.94. The minimum absolute atomic E-state index is 0.0967. The Hall–Kier alpha value is -2.29. The maximum absolute atomic E-state index is 12.8. The average Bonchev–Trinajstić information content (AvgIpc) is 2.55. The molecule has 2 aromatic carbocycles. The SMILES string of the molecule is CN(C)S(=O)(=O)c1cccc(-n2c(=S)[nH]c3ccccc3c2=O)c1. The Morgan fingerprint density at radius 3 is 2.50 bits per heavy atom. The molecule has 0 atom stereocenters. The van der Waals surface area contributed by atoms with E-state index in [0.717, 1.165) is 4.31 Å². The van der Waals surface area contributed by atoms with Crippen LogP contribution in [-0.4, -0.2) is 36.4 Å². The first-order chi connectivity index (χ1) is 11.3. The molecule has 0 unspecified atom stereocenters. The molecule has 24 heavy (non-hydrogen) atoms. The first-order valence-corrected chi connectivity index (χ1v) is 8.94. The fourth-order valence-corrected chi connectivity index (χ4v) is 3.63. The van der Waals surface area contributed by atoms with Gasteiger partial charge in [0.15, 0.2) is 4.77 Å². The lowest BCUT2D eigenvalue weighted by atomic mass is 10.2. The van der Waals surface area contributed by atoms with Crippen molar-refractivity contribution in [3.05, 3.63) is 63.7 Å². The molecule has 1 N–H and O–H groups in total. The Bertz CT molecular complexity index is 1140. The molecule has 0 radical (unpaired) electrons. The summed E-state index contributed by atoms with van der Waals surface area (Å²) in [6.45, 7) is 0. The predicted molar refractivity (Wildman–Crippen MR) is 95.6 cm³/mol. The third-order valence-electron chi connectivity index (χ3n) is 3.66. The summed E-state index contributed by atoms with van der Waals surface area (Å²) >= 11 is 5.28. The molecule has 8 heteroatoms. The maximum atomic E-state index is 12.8. The highest BCUT2D eigenvalue weighted by atomic mass is 32.2. The zero-order chi connectivity index (χ0) is 17.5. The van der Waals surface area contributed by atoms with Crippen LogP contribution < -0.4 is 5.56 Å². The molecule has 0 aliphatic heterocycles. The highest BCUT2D eigenvalue weighted by molar-refractivity contribution is 7.89. The number of sulfonamides is 1. The summed E-state index contributed by atoms with van der Waals surface area (Å²) < 4.78 is 27.2. The highest BCUT2D eigenvalue weighted by Crippen LogP contribution is 2.17. The Balaban J connectivity index is 2.30. The molecule has 0 saturated heterocycles. The van der Waals surface area contributed by atoms with E-state index in [1.807, 2.05) is 6.07 Å². The van der Waals surface area contributed by atoms with Gasteiger partial charge in [-0.25, -0.2) is 12.7 Å². The van der Waals surface area contributed by atoms with Crippen molar-refractivity contribution in [2.75, 3.05) is 14.1 Å². The number of hydrogen-bond acceptors (Lipinski definition) is 4. The zero-order valence-corrected chi connectivity index (χ0v) is 14.7. The Labute approximate surface area is 144 Å². The van der Waals surface area contributed by atoms with Crippen molar-refractivity contribution >= 4 is 33.1 Å². The van der Waals surface area contributed by atoms with Crippen molar-refractivity contribution in [1.29, 1.82) is 0 Å². The van der Waals surface area contributed by atoms with Crippen LogP contribution in [0.1, 0.15) is 0 Å². The number of aromatic nitrogens is 2. The van der Waals surface area contributed by atoms with Gasteiger partial charge in [0.1, 0.15) is 0 Å². The number of benzene rings is 2. The third kappa shape index (κ3) is 2.68. The van der Waals surface area contributed by atoms with E-state index in [4.69, 9.17) is 12.2 Å². The van der Waals surface area contributed by atoms with Gasteiger partial charge in [0.25, 0.3) is 5.56 Å². The lowest BCUT2D eigenvalue weighted by Crippen LogP contribution is -2.23. The van der Waals surface area contributed by atoms with Crippen LogP contribution in [0.4, 0.5) is 0 Å². The van der Waals surface area contributed by atoms with Crippen molar-refractivity contribution in [3.63, 3.8) is 0 Å². The van der Waals surface area contributed by atoms with E-state index in [9.17, 15) is 13.2 Å². The molecule has 1 aromatic heterocycles. The van der Waals surface area contributed by atoms with Crippen molar-refractivity contribution in [2.24, 2.45) is 0 Å². The van der Waals surface area contributed by atoms with Crippen LogP contribution >= 0.6 is 12.2 Å². The van der Waals surface area contributed by atoms with Crippen molar-refractivity contribution in [2.45, 2.75) is 4.90 Å². The van der Waals surface area contributed by atoms with Crippen LogP contribution in [0.15, 0.2) is 58.2 Å². The van der Waals surface area contributed by atoms with Gasteiger partial charge in [0.2, 0.25) is 10.0 Å². The topological polar surface area (TPSA) is 75.2 Å². The van der Waals surface area contributed by atoms with Gasteiger partial charge in [-0.15, -0.1) is 0 Å². The molecular weight excluding hydrogens is 346 g/mol. The molecule has 0 spiro atoms. The summed E-state index contributed by atoms with van der Waals surface area (Å²) in [4.78, 5) is 15.9. The first kappa shape index (κ1) is 16.6. The van der Waals surface area contributed by atoms with Crippen LogP contribution in [0.2, 0.25) is 0 Å².